The standard InChI is InChI=1S/C28H39ClN4O4S2/c1-23-5-2-8-26(29)27(23)39(36,37)33-17-3-6-25(33)7-4-22-38(34,35)32-20-13-28(14-21-32)11-18-31(19-12-28)24-9-15-30-16-10-24/h2,5,8-10,15-16,25H,3-4,6-7,11-14,17-22H2,1H3. The molecule has 1 aromatic carbocycles. The van der Waals surface area contributed by atoms with E-state index in [1.807, 2.05) is 24.5 Å². The molecule has 3 saturated heterocycles. The van der Waals surface area contributed by atoms with Gasteiger partial charge in [0.2, 0.25) is 20.0 Å². The molecule has 8 nitrogen and oxygen atoms in total. The first-order valence-electron chi connectivity index (χ1n) is 14.0. The largest absolute Gasteiger partial charge is 0.371 e. The maximum absolute atomic E-state index is 13.5. The zero-order valence-electron chi connectivity index (χ0n) is 22.6. The molecule has 11 heteroatoms. The van der Waals surface area contributed by atoms with Crippen molar-refractivity contribution in [1.29, 1.82) is 0 Å². The van der Waals surface area contributed by atoms with Gasteiger partial charge in [-0.05, 0) is 87.5 Å². The van der Waals surface area contributed by atoms with E-state index in [9.17, 15) is 16.8 Å². The van der Waals surface area contributed by atoms with Gasteiger partial charge in [-0.2, -0.15) is 4.31 Å². The highest BCUT2D eigenvalue weighted by Crippen LogP contribution is 2.42. The Labute approximate surface area is 238 Å². The third kappa shape index (κ3) is 6.15. The fraction of sp³-hybridized carbons (Fsp3) is 0.607. The van der Waals surface area contributed by atoms with Crippen LogP contribution < -0.4 is 4.90 Å². The molecule has 214 valence electrons. The molecule has 0 N–H and O–H groups in total. The normalized spacial score (nSPS) is 22.9. The number of aromatic nitrogens is 1. The van der Waals surface area contributed by atoms with Gasteiger partial charge in [-0.3, -0.25) is 4.98 Å². The van der Waals surface area contributed by atoms with Gasteiger partial charge in [-0.25, -0.2) is 21.1 Å². The van der Waals surface area contributed by atoms with Crippen molar-refractivity contribution in [3.63, 3.8) is 0 Å². The number of hydrogen-bond donors (Lipinski definition) is 0. The van der Waals surface area contributed by atoms with Crippen LogP contribution in [-0.2, 0) is 20.0 Å². The Morgan fingerprint density at radius 2 is 1.62 bits per heavy atom. The van der Waals surface area contributed by atoms with Crippen molar-refractivity contribution in [2.45, 2.75) is 69.2 Å². The number of pyridine rings is 1. The lowest BCUT2D eigenvalue weighted by Gasteiger charge is -2.47. The van der Waals surface area contributed by atoms with Crippen LogP contribution in [-0.4, -0.2) is 74.9 Å². The van der Waals surface area contributed by atoms with E-state index in [4.69, 9.17) is 11.6 Å². The smallest absolute Gasteiger partial charge is 0.245 e. The van der Waals surface area contributed by atoms with Crippen molar-refractivity contribution in [3.8, 4) is 0 Å². The van der Waals surface area contributed by atoms with Crippen LogP contribution in [0.25, 0.3) is 0 Å². The van der Waals surface area contributed by atoms with Gasteiger partial charge in [0.05, 0.1) is 10.8 Å². The van der Waals surface area contributed by atoms with Gasteiger partial charge in [0, 0.05) is 56.8 Å². The van der Waals surface area contributed by atoms with E-state index in [0.717, 1.165) is 51.6 Å². The van der Waals surface area contributed by atoms with Crippen LogP contribution in [0.1, 0.15) is 56.9 Å². The third-order valence-corrected chi connectivity index (χ3v) is 13.6. The number of anilines is 1. The van der Waals surface area contributed by atoms with E-state index in [2.05, 4.69) is 9.88 Å². The molecule has 3 fully saturated rings. The van der Waals surface area contributed by atoms with Crippen molar-refractivity contribution in [3.05, 3.63) is 53.3 Å². The number of nitrogens with zero attached hydrogens (tertiary/aromatic N) is 4. The fourth-order valence-corrected chi connectivity index (χ4v) is 10.7. The monoisotopic (exact) mass is 594 g/mol. The van der Waals surface area contributed by atoms with Gasteiger partial charge < -0.3 is 4.90 Å². The van der Waals surface area contributed by atoms with E-state index < -0.39 is 20.0 Å². The van der Waals surface area contributed by atoms with Gasteiger partial charge in [0.15, 0.2) is 0 Å². The first-order chi connectivity index (χ1) is 18.6. The number of benzene rings is 1. The Kier molecular flexibility index (Phi) is 8.60. The number of piperidine rings is 2. The second-order valence-corrected chi connectivity index (χ2v) is 15.7. The van der Waals surface area contributed by atoms with Crippen LogP contribution in [0.15, 0.2) is 47.6 Å². The summed E-state index contributed by atoms with van der Waals surface area (Å²) in [6.45, 7) is 5.33. The molecule has 1 unspecified atom stereocenters. The zero-order valence-corrected chi connectivity index (χ0v) is 25.0. The summed E-state index contributed by atoms with van der Waals surface area (Å²) in [6, 6.07) is 9.00. The number of sulfonamides is 2. The summed E-state index contributed by atoms with van der Waals surface area (Å²) >= 11 is 6.28. The van der Waals surface area contributed by atoms with Gasteiger partial charge in [0.25, 0.3) is 0 Å². The molecule has 3 aliphatic heterocycles. The summed E-state index contributed by atoms with van der Waals surface area (Å²) in [6.07, 6.45) is 10.1. The molecular formula is C28H39ClN4O4S2. The molecule has 4 heterocycles. The minimum Gasteiger partial charge on any atom is -0.371 e. The lowest BCUT2D eigenvalue weighted by atomic mass is 9.71. The molecule has 1 atom stereocenters. The lowest BCUT2D eigenvalue weighted by molar-refractivity contribution is 0.119. The summed E-state index contributed by atoms with van der Waals surface area (Å²) in [7, 11) is -7.11. The molecule has 1 aromatic heterocycles. The highest BCUT2D eigenvalue weighted by molar-refractivity contribution is 7.89. The fourth-order valence-electron chi connectivity index (χ4n) is 6.64. The number of hydrogen-bond acceptors (Lipinski definition) is 6. The molecule has 5 rings (SSSR count). The Morgan fingerprint density at radius 3 is 2.28 bits per heavy atom. The van der Waals surface area contributed by atoms with E-state index >= 15 is 0 Å². The second kappa shape index (κ2) is 11.6. The molecule has 0 amide bonds. The number of halogens is 1. The van der Waals surface area contributed by atoms with Crippen molar-refractivity contribution in [1.82, 2.24) is 13.6 Å². The number of rotatable bonds is 8. The van der Waals surface area contributed by atoms with Crippen LogP contribution in [0.2, 0.25) is 5.02 Å². The Balaban J connectivity index is 1.12. The predicted molar refractivity (Wildman–Crippen MR) is 155 cm³/mol. The summed E-state index contributed by atoms with van der Waals surface area (Å²) in [4.78, 5) is 6.67. The summed E-state index contributed by atoms with van der Waals surface area (Å²) < 4.78 is 56.6. The molecule has 0 saturated carbocycles. The average molecular weight is 595 g/mol. The quantitative estimate of drug-likeness (QED) is 0.440. The van der Waals surface area contributed by atoms with Crippen molar-refractivity contribution in [2.24, 2.45) is 5.41 Å². The summed E-state index contributed by atoms with van der Waals surface area (Å²) in [5, 5.41) is 0.231. The minimum absolute atomic E-state index is 0.0608. The SMILES string of the molecule is Cc1cccc(Cl)c1S(=O)(=O)N1CCCC1CCCS(=O)(=O)N1CCC2(CCN(c3ccncc3)CC2)CC1. The molecule has 39 heavy (non-hydrogen) atoms. The maximum atomic E-state index is 13.5. The van der Waals surface area contributed by atoms with E-state index in [1.54, 1.807) is 29.4 Å². The molecule has 1 spiro atoms. The zero-order chi connectivity index (χ0) is 27.7. The molecular weight excluding hydrogens is 556 g/mol. The summed E-state index contributed by atoms with van der Waals surface area (Å²) in [5.41, 5.74) is 2.06. The number of aryl methyl sites for hydroxylation is 1. The van der Waals surface area contributed by atoms with Crippen LogP contribution >= 0.6 is 11.6 Å². The van der Waals surface area contributed by atoms with Gasteiger partial charge in [0.1, 0.15) is 4.90 Å². The second-order valence-electron chi connectivity index (χ2n) is 11.3. The molecule has 0 aliphatic carbocycles. The van der Waals surface area contributed by atoms with Crippen LogP contribution in [0.5, 0.6) is 0 Å². The van der Waals surface area contributed by atoms with E-state index in [1.165, 1.54) is 9.99 Å². The highest BCUT2D eigenvalue weighted by Gasteiger charge is 2.41. The molecule has 0 bridgehead atoms. The highest BCUT2D eigenvalue weighted by atomic mass is 35.5. The minimum atomic E-state index is -3.74. The molecule has 3 aliphatic rings. The predicted octanol–water partition coefficient (Wildman–Crippen LogP) is 4.69. The molecule has 0 radical (unpaired) electrons. The summed E-state index contributed by atoms with van der Waals surface area (Å²) in [5.74, 6) is 0.0608. The van der Waals surface area contributed by atoms with Crippen LogP contribution in [0.3, 0.4) is 0 Å². The van der Waals surface area contributed by atoms with Crippen molar-refractivity contribution < 1.29 is 16.8 Å². The van der Waals surface area contributed by atoms with Crippen LogP contribution in [0, 0.1) is 12.3 Å². The Hall–Kier alpha value is -1.72. The van der Waals surface area contributed by atoms with Gasteiger partial charge >= 0.3 is 0 Å². The first-order valence-corrected chi connectivity index (χ1v) is 17.4. The lowest BCUT2D eigenvalue weighted by Crippen LogP contribution is -2.48. The van der Waals surface area contributed by atoms with Crippen molar-refractivity contribution >= 4 is 37.3 Å². The van der Waals surface area contributed by atoms with Crippen LogP contribution in [0.4, 0.5) is 5.69 Å². The third-order valence-electron chi connectivity index (χ3n) is 9.02. The first kappa shape index (κ1) is 28.8. The van der Waals surface area contributed by atoms with Crippen molar-refractivity contribution in [2.75, 3.05) is 43.4 Å². The average Bonchev–Trinajstić information content (AvgIpc) is 3.39. The maximum Gasteiger partial charge on any atom is 0.245 e. The molecule has 2 aromatic rings. The van der Waals surface area contributed by atoms with Gasteiger partial charge in [-0.15, -0.1) is 0 Å². The van der Waals surface area contributed by atoms with E-state index in [0.29, 0.717) is 38.0 Å². The van der Waals surface area contributed by atoms with Gasteiger partial charge in [-0.1, -0.05) is 23.7 Å². The Bertz CT molecular complexity index is 1330. The van der Waals surface area contributed by atoms with E-state index in [-0.39, 0.29) is 27.1 Å². The topological polar surface area (TPSA) is 90.9 Å². The Morgan fingerprint density at radius 1 is 0.949 bits per heavy atom.